The van der Waals surface area contributed by atoms with Crippen molar-refractivity contribution in [1.82, 2.24) is 30.0 Å². The molecule has 3 aromatic heterocycles. The summed E-state index contributed by atoms with van der Waals surface area (Å²) in [5.41, 5.74) is 0.969. The van der Waals surface area contributed by atoms with E-state index in [4.69, 9.17) is 0 Å². The van der Waals surface area contributed by atoms with E-state index in [0.29, 0.717) is 11.4 Å². The van der Waals surface area contributed by atoms with Gasteiger partial charge in [-0.2, -0.15) is 5.10 Å². The summed E-state index contributed by atoms with van der Waals surface area (Å²) in [4.78, 5) is 25.3. The lowest BCUT2D eigenvalue weighted by molar-refractivity contribution is 0.0901. The predicted molar refractivity (Wildman–Crippen MR) is 91.1 cm³/mol. The number of nitrogens with one attached hydrogen (secondary N) is 1. The van der Waals surface area contributed by atoms with E-state index in [1.807, 2.05) is 26.2 Å². The topological polar surface area (TPSA) is 85.6 Å². The van der Waals surface area contributed by atoms with Gasteiger partial charge in [-0.3, -0.25) is 4.79 Å². The van der Waals surface area contributed by atoms with Crippen molar-refractivity contribution in [3.05, 3.63) is 52.6 Å². The Bertz CT molecular complexity index is 844. The van der Waals surface area contributed by atoms with Gasteiger partial charge in [0.15, 0.2) is 5.82 Å². The molecule has 3 aromatic rings. The summed E-state index contributed by atoms with van der Waals surface area (Å²) in [6, 6.07) is 3.37. The first-order valence-electron chi connectivity index (χ1n) is 7.58. The summed E-state index contributed by atoms with van der Waals surface area (Å²) in [6.45, 7) is 5.97. The Morgan fingerprint density at radius 2 is 2.29 bits per heavy atom. The molecular formula is C16H18N6OS. The van der Waals surface area contributed by atoms with Crippen LogP contribution in [0.5, 0.6) is 0 Å². The SMILES string of the molecule is CC[C@@](C)(NC(=O)c1ccnc(-n2cncn2)c1)c1nc(C)cs1. The van der Waals surface area contributed by atoms with E-state index in [9.17, 15) is 4.79 Å². The highest BCUT2D eigenvalue weighted by molar-refractivity contribution is 7.09. The predicted octanol–water partition coefficient (Wildman–Crippen LogP) is 2.48. The minimum Gasteiger partial charge on any atom is -0.340 e. The third kappa shape index (κ3) is 3.18. The second-order valence-corrected chi connectivity index (χ2v) is 6.53. The number of nitrogens with zero attached hydrogens (tertiary/aromatic N) is 5. The number of amides is 1. The number of hydrogen-bond donors (Lipinski definition) is 1. The molecule has 0 aliphatic rings. The average Bonchev–Trinajstić information content (AvgIpc) is 3.26. The standard InChI is InChI=1S/C16H18N6OS/c1-4-16(3,15-20-11(2)8-24-15)21-14(23)12-5-6-18-13(7-12)22-10-17-9-19-22/h5-10H,4H2,1-3H3,(H,21,23)/t16-/m1/s1. The molecule has 0 spiro atoms. The molecule has 0 saturated carbocycles. The molecule has 0 aliphatic carbocycles. The maximum absolute atomic E-state index is 12.7. The van der Waals surface area contributed by atoms with Gasteiger partial charge in [0.25, 0.3) is 5.91 Å². The van der Waals surface area contributed by atoms with Crippen molar-refractivity contribution in [2.24, 2.45) is 0 Å². The zero-order valence-electron chi connectivity index (χ0n) is 13.7. The van der Waals surface area contributed by atoms with Gasteiger partial charge < -0.3 is 5.32 Å². The molecule has 0 fully saturated rings. The van der Waals surface area contributed by atoms with E-state index in [1.54, 1.807) is 36.0 Å². The minimum absolute atomic E-state index is 0.170. The molecule has 124 valence electrons. The number of aryl methyl sites for hydroxylation is 1. The molecule has 3 rings (SSSR count). The molecule has 0 unspecified atom stereocenters. The maximum atomic E-state index is 12.7. The lowest BCUT2D eigenvalue weighted by Gasteiger charge is -2.27. The molecule has 7 nitrogen and oxygen atoms in total. The van der Waals surface area contributed by atoms with E-state index >= 15 is 0 Å². The summed E-state index contributed by atoms with van der Waals surface area (Å²) < 4.78 is 1.51. The molecular weight excluding hydrogens is 324 g/mol. The number of carbonyl (C=O) groups is 1. The summed E-state index contributed by atoms with van der Waals surface area (Å²) in [5.74, 6) is 0.374. The number of rotatable bonds is 5. The van der Waals surface area contributed by atoms with Crippen LogP contribution < -0.4 is 5.32 Å². The fourth-order valence-corrected chi connectivity index (χ4v) is 3.22. The Hall–Kier alpha value is -2.61. The van der Waals surface area contributed by atoms with Crippen LogP contribution in [0.4, 0.5) is 0 Å². The van der Waals surface area contributed by atoms with Gasteiger partial charge in [0.2, 0.25) is 0 Å². The van der Waals surface area contributed by atoms with Gasteiger partial charge in [0.1, 0.15) is 17.7 Å². The summed E-state index contributed by atoms with van der Waals surface area (Å²) in [5, 5.41) is 10.0. The molecule has 8 heteroatoms. The van der Waals surface area contributed by atoms with Gasteiger partial charge in [-0.25, -0.2) is 19.6 Å². The molecule has 0 aromatic carbocycles. The van der Waals surface area contributed by atoms with Crippen molar-refractivity contribution in [2.75, 3.05) is 0 Å². The Morgan fingerprint density at radius 1 is 1.46 bits per heavy atom. The van der Waals surface area contributed by atoms with Crippen LogP contribution in [-0.2, 0) is 5.54 Å². The van der Waals surface area contributed by atoms with Gasteiger partial charge in [-0.05, 0) is 32.4 Å². The summed E-state index contributed by atoms with van der Waals surface area (Å²) >= 11 is 1.56. The molecule has 0 bridgehead atoms. The van der Waals surface area contributed by atoms with E-state index < -0.39 is 5.54 Å². The first-order chi connectivity index (χ1) is 11.5. The van der Waals surface area contributed by atoms with E-state index in [-0.39, 0.29) is 5.91 Å². The lowest BCUT2D eigenvalue weighted by Crippen LogP contribution is -2.43. The molecule has 24 heavy (non-hydrogen) atoms. The second-order valence-electron chi connectivity index (χ2n) is 5.68. The smallest absolute Gasteiger partial charge is 0.252 e. The van der Waals surface area contributed by atoms with Crippen LogP contribution in [0.2, 0.25) is 0 Å². The van der Waals surface area contributed by atoms with Crippen LogP contribution in [0, 0.1) is 6.92 Å². The molecule has 0 radical (unpaired) electrons. The first kappa shape index (κ1) is 16.3. The third-order valence-electron chi connectivity index (χ3n) is 3.85. The van der Waals surface area contributed by atoms with Gasteiger partial charge in [-0.1, -0.05) is 6.92 Å². The van der Waals surface area contributed by atoms with Crippen LogP contribution in [0.1, 0.15) is 41.3 Å². The third-order valence-corrected chi connectivity index (χ3v) is 5.07. The van der Waals surface area contributed by atoms with E-state index in [1.165, 1.54) is 11.0 Å². The highest BCUT2D eigenvalue weighted by Crippen LogP contribution is 2.28. The van der Waals surface area contributed by atoms with Crippen molar-refractivity contribution < 1.29 is 4.79 Å². The Morgan fingerprint density at radius 3 is 2.92 bits per heavy atom. The highest BCUT2D eigenvalue weighted by atomic mass is 32.1. The Labute approximate surface area is 143 Å². The Kier molecular flexibility index (Phi) is 4.39. The highest BCUT2D eigenvalue weighted by Gasteiger charge is 2.30. The number of aromatic nitrogens is 5. The van der Waals surface area contributed by atoms with Crippen LogP contribution in [0.15, 0.2) is 36.4 Å². The first-order valence-corrected chi connectivity index (χ1v) is 8.46. The van der Waals surface area contributed by atoms with Crippen molar-refractivity contribution in [3.8, 4) is 5.82 Å². The fourth-order valence-electron chi connectivity index (χ4n) is 2.23. The van der Waals surface area contributed by atoms with Crippen molar-refractivity contribution >= 4 is 17.2 Å². The van der Waals surface area contributed by atoms with Crippen molar-refractivity contribution in [2.45, 2.75) is 32.7 Å². The van der Waals surface area contributed by atoms with E-state index in [0.717, 1.165) is 17.1 Å². The molecule has 3 heterocycles. The number of pyridine rings is 1. The van der Waals surface area contributed by atoms with Gasteiger partial charge in [0, 0.05) is 22.8 Å². The zero-order valence-corrected chi connectivity index (χ0v) is 14.5. The Balaban J connectivity index is 1.85. The van der Waals surface area contributed by atoms with Gasteiger partial charge in [-0.15, -0.1) is 11.3 Å². The monoisotopic (exact) mass is 342 g/mol. The number of carbonyl (C=O) groups excluding carboxylic acids is 1. The number of hydrogen-bond acceptors (Lipinski definition) is 6. The van der Waals surface area contributed by atoms with Crippen LogP contribution in [0.3, 0.4) is 0 Å². The normalized spacial score (nSPS) is 13.5. The van der Waals surface area contributed by atoms with Gasteiger partial charge >= 0.3 is 0 Å². The molecule has 0 saturated heterocycles. The fraction of sp³-hybridized carbons (Fsp3) is 0.312. The molecule has 0 aliphatic heterocycles. The quantitative estimate of drug-likeness (QED) is 0.770. The average molecular weight is 342 g/mol. The van der Waals surface area contributed by atoms with Crippen molar-refractivity contribution in [1.29, 1.82) is 0 Å². The zero-order chi connectivity index (χ0) is 17.2. The largest absolute Gasteiger partial charge is 0.340 e. The van der Waals surface area contributed by atoms with Crippen molar-refractivity contribution in [3.63, 3.8) is 0 Å². The maximum Gasteiger partial charge on any atom is 0.252 e. The molecule has 1 N–H and O–H groups in total. The minimum atomic E-state index is -0.507. The van der Waals surface area contributed by atoms with Gasteiger partial charge in [0.05, 0.1) is 5.54 Å². The molecule has 1 amide bonds. The summed E-state index contributed by atoms with van der Waals surface area (Å²) in [6.07, 6.45) is 5.29. The lowest BCUT2D eigenvalue weighted by atomic mass is 9.99. The number of thiazole rings is 1. The molecule has 1 atom stereocenters. The summed E-state index contributed by atoms with van der Waals surface area (Å²) in [7, 11) is 0. The van der Waals surface area contributed by atoms with Crippen LogP contribution in [-0.4, -0.2) is 30.6 Å². The van der Waals surface area contributed by atoms with Crippen LogP contribution >= 0.6 is 11.3 Å². The second kappa shape index (κ2) is 6.48. The van der Waals surface area contributed by atoms with Crippen LogP contribution in [0.25, 0.3) is 5.82 Å². The van der Waals surface area contributed by atoms with E-state index in [2.05, 4.69) is 25.4 Å².